The average Bonchev–Trinajstić information content (AvgIpc) is 2.90. The molecular weight excluding hydrogens is 276 g/mol. The van der Waals surface area contributed by atoms with Gasteiger partial charge in [0.25, 0.3) is 0 Å². The van der Waals surface area contributed by atoms with E-state index in [2.05, 4.69) is 5.16 Å². The summed E-state index contributed by atoms with van der Waals surface area (Å²) >= 11 is 0. The van der Waals surface area contributed by atoms with E-state index in [0.717, 1.165) is 16.8 Å². The minimum atomic E-state index is -0.421. The first-order valence-corrected chi connectivity index (χ1v) is 6.99. The van der Waals surface area contributed by atoms with E-state index in [-0.39, 0.29) is 0 Å². The lowest BCUT2D eigenvalue weighted by molar-refractivity contribution is -0.136. The van der Waals surface area contributed by atoms with Gasteiger partial charge in [-0.2, -0.15) is 0 Å². The van der Waals surface area contributed by atoms with Crippen LogP contribution in [0.2, 0.25) is 0 Å². The summed E-state index contributed by atoms with van der Waals surface area (Å²) in [5.74, 6) is -0.421. The van der Waals surface area contributed by atoms with Gasteiger partial charge in [0.2, 0.25) is 0 Å². The molecule has 0 N–H and O–H groups in total. The number of oxime groups is 1. The molecule has 1 heterocycles. The van der Waals surface area contributed by atoms with Crippen LogP contribution in [0.4, 0.5) is 5.69 Å². The third-order valence-corrected chi connectivity index (χ3v) is 3.46. The highest BCUT2D eigenvalue weighted by Crippen LogP contribution is 2.21. The molecule has 1 aliphatic heterocycles. The van der Waals surface area contributed by atoms with Gasteiger partial charge in [0.1, 0.15) is 5.71 Å². The van der Waals surface area contributed by atoms with Crippen LogP contribution in [-0.2, 0) is 9.63 Å². The molecule has 0 amide bonds. The molecule has 0 aromatic heterocycles. The fourth-order valence-electron chi connectivity index (χ4n) is 2.25. The molecule has 1 aliphatic rings. The molecule has 22 heavy (non-hydrogen) atoms. The summed E-state index contributed by atoms with van der Waals surface area (Å²) in [6, 6.07) is 17.5. The maximum absolute atomic E-state index is 11.9. The first kappa shape index (κ1) is 14.1. The third-order valence-electron chi connectivity index (χ3n) is 3.46. The third kappa shape index (κ3) is 2.76. The Hall–Kier alpha value is -2.88. The monoisotopic (exact) mass is 292 g/mol. The molecule has 0 atom stereocenters. The predicted molar refractivity (Wildman–Crippen MR) is 87.8 cm³/mol. The Morgan fingerprint density at radius 1 is 1.00 bits per heavy atom. The van der Waals surface area contributed by atoms with Crippen LogP contribution in [0.5, 0.6) is 0 Å². The Balaban J connectivity index is 1.94. The molecule has 0 unspecified atom stereocenters. The summed E-state index contributed by atoms with van der Waals surface area (Å²) < 4.78 is 0. The number of nitrogens with zero attached hydrogens (tertiary/aromatic N) is 2. The van der Waals surface area contributed by atoms with Crippen molar-refractivity contribution in [2.75, 3.05) is 19.0 Å². The number of hydrogen-bond donors (Lipinski definition) is 0. The first-order chi connectivity index (χ1) is 10.6. The predicted octanol–water partition coefficient (Wildman–Crippen LogP) is 3.10. The fourth-order valence-corrected chi connectivity index (χ4v) is 2.25. The van der Waals surface area contributed by atoms with Crippen molar-refractivity contribution >= 4 is 23.4 Å². The molecule has 0 spiro atoms. The van der Waals surface area contributed by atoms with Gasteiger partial charge in [-0.1, -0.05) is 47.6 Å². The molecule has 3 rings (SSSR count). The summed E-state index contributed by atoms with van der Waals surface area (Å²) in [4.78, 5) is 18.8. The Morgan fingerprint density at radius 3 is 2.32 bits per heavy atom. The van der Waals surface area contributed by atoms with Crippen molar-refractivity contribution < 1.29 is 9.63 Å². The Kier molecular flexibility index (Phi) is 3.74. The molecule has 110 valence electrons. The van der Waals surface area contributed by atoms with Crippen molar-refractivity contribution in [2.45, 2.75) is 0 Å². The van der Waals surface area contributed by atoms with Gasteiger partial charge in [-0.05, 0) is 23.8 Å². The van der Waals surface area contributed by atoms with Crippen LogP contribution in [0.3, 0.4) is 0 Å². The second-order valence-corrected chi connectivity index (χ2v) is 5.23. The SMILES string of the molecule is CN(C)c1ccc(C=C2C(=O)ON=C2c2ccccc2)cc1. The number of carbonyl (C=O) groups excluding carboxylic acids is 1. The maximum Gasteiger partial charge on any atom is 0.368 e. The van der Waals surface area contributed by atoms with E-state index in [0.29, 0.717) is 11.3 Å². The largest absolute Gasteiger partial charge is 0.378 e. The Labute approximate surface area is 129 Å². The van der Waals surface area contributed by atoms with Crippen LogP contribution >= 0.6 is 0 Å². The van der Waals surface area contributed by atoms with Gasteiger partial charge in [-0.3, -0.25) is 0 Å². The van der Waals surface area contributed by atoms with Crippen LogP contribution in [0.15, 0.2) is 65.3 Å². The normalized spacial score (nSPS) is 15.6. The quantitative estimate of drug-likeness (QED) is 0.645. The van der Waals surface area contributed by atoms with Gasteiger partial charge in [-0.25, -0.2) is 4.79 Å². The van der Waals surface area contributed by atoms with Crippen molar-refractivity contribution in [2.24, 2.45) is 5.16 Å². The molecule has 0 fully saturated rings. The van der Waals surface area contributed by atoms with Crippen molar-refractivity contribution in [3.05, 3.63) is 71.3 Å². The highest BCUT2D eigenvalue weighted by molar-refractivity contribution is 6.31. The molecule has 0 aliphatic carbocycles. The summed E-state index contributed by atoms with van der Waals surface area (Å²) in [6.45, 7) is 0. The number of anilines is 1. The molecule has 0 radical (unpaired) electrons. The van der Waals surface area contributed by atoms with Crippen molar-refractivity contribution in [1.82, 2.24) is 0 Å². The summed E-state index contributed by atoms with van der Waals surface area (Å²) in [7, 11) is 3.98. The zero-order valence-electron chi connectivity index (χ0n) is 12.5. The Bertz CT molecular complexity index is 744. The van der Waals surface area contributed by atoms with E-state index < -0.39 is 5.97 Å². The first-order valence-electron chi connectivity index (χ1n) is 6.99. The molecule has 2 aromatic carbocycles. The van der Waals surface area contributed by atoms with Crippen molar-refractivity contribution in [3.8, 4) is 0 Å². The Morgan fingerprint density at radius 2 is 1.68 bits per heavy atom. The lowest BCUT2D eigenvalue weighted by atomic mass is 10.0. The molecule has 0 saturated carbocycles. The number of benzene rings is 2. The zero-order valence-corrected chi connectivity index (χ0v) is 12.5. The molecule has 4 nitrogen and oxygen atoms in total. The molecule has 2 aromatic rings. The highest BCUT2D eigenvalue weighted by Gasteiger charge is 2.26. The fraction of sp³-hybridized carbons (Fsp3) is 0.111. The lowest BCUT2D eigenvalue weighted by Gasteiger charge is -2.11. The van der Waals surface area contributed by atoms with Crippen molar-refractivity contribution in [1.29, 1.82) is 0 Å². The topological polar surface area (TPSA) is 41.9 Å². The van der Waals surface area contributed by atoms with Gasteiger partial charge in [0.05, 0.1) is 5.57 Å². The maximum atomic E-state index is 11.9. The molecular formula is C18H16N2O2. The average molecular weight is 292 g/mol. The number of rotatable bonds is 3. The second-order valence-electron chi connectivity index (χ2n) is 5.23. The van der Waals surface area contributed by atoms with Gasteiger partial charge < -0.3 is 9.74 Å². The highest BCUT2D eigenvalue weighted by atomic mass is 16.7. The number of carbonyl (C=O) groups is 1. The smallest absolute Gasteiger partial charge is 0.368 e. The standard InChI is InChI=1S/C18H16N2O2/c1-20(2)15-10-8-13(9-11-15)12-16-17(19-22-18(16)21)14-6-4-3-5-7-14/h3-12H,1-2H3. The van der Waals surface area contributed by atoms with E-state index in [1.54, 1.807) is 6.08 Å². The molecule has 0 bridgehead atoms. The lowest BCUT2D eigenvalue weighted by Crippen LogP contribution is -2.08. The van der Waals surface area contributed by atoms with Gasteiger partial charge in [0.15, 0.2) is 0 Å². The van der Waals surface area contributed by atoms with Gasteiger partial charge in [0, 0.05) is 25.3 Å². The van der Waals surface area contributed by atoms with Gasteiger partial charge >= 0.3 is 5.97 Å². The second kappa shape index (κ2) is 5.85. The van der Waals surface area contributed by atoms with Crippen LogP contribution in [-0.4, -0.2) is 25.8 Å². The van der Waals surface area contributed by atoms with Crippen molar-refractivity contribution in [3.63, 3.8) is 0 Å². The van der Waals surface area contributed by atoms with Gasteiger partial charge in [-0.15, -0.1) is 0 Å². The molecule has 4 heteroatoms. The summed E-state index contributed by atoms with van der Waals surface area (Å²) in [6.07, 6.45) is 1.81. The van der Waals surface area contributed by atoms with Crippen LogP contribution in [0.25, 0.3) is 6.08 Å². The van der Waals surface area contributed by atoms with E-state index in [9.17, 15) is 4.79 Å². The minimum absolute atomic E-state index is 0.421. The van der Waals surface area contributed by atoms with E-state index in [1.165, 1.54) is 0 Å². The summed E-state index contributed by atoms with van der Waals surface area (Å²) in [5, 5.41) is 3.90. The summed E-state index contributed by atoms with van der Waals surface area (Å²) in [5.41, 5.74) is 3.95. The molecule has 0 saturated heterocycles. The number of hydrogen-bond acceptors (Lipinski definition) is 4. The van der Waals surface area contributed by atoms with Crippen LogP contribution in [0, 0.1) is 0 Å². The van der Waals surface area contributed by atoms with Crippen LogP contribution < -0.4 is 4.90 Å². The zero-order chi connectivity index (χ0) is 15.5. The van der Waals surface area contributed by atoms with E-state index >= 15 is 0 Å². The van der Waals surface area contributed by atoms with E-state index in [1.807, 2.05) is 73.6 Å². The van der Waals surface area contributed by atoms with E-state index in [4.69, 9.17) is 4.84 Å². The minimum Gasteiger partial charge on any atom is -0.378 e. The van der Waals surface area contributed by atoms with Crippen LogP contribution in [0.1, 0.15) is 11.1 Å².